The Kier molecular flexibility index (Phi) is 3.62. The summed E-state index contributed by atoms with van der Waals surface area (Å²) >= 11 is 0. The molecule has 0 aliphatic heterocycles. The van der Waals surface area contributed by atoms with Gasteiger partial charge in [-0.05, 0) is 18.6 Å². The smallest absolute Gasteiger partial charge is 0.274 e. The highest BCUT2D eigenvalue weighted by Crippen LogP contribution is 2.29. The van der Waals surface area contributed by atoms with Crippen molar-refractivity contribution in [2.24, 2.45) is 5.73 Å². The van der Waals surface area contributed by atoms with Crippen LogP contribution in [0.2, 0.25) is 0 Å². The quantitative estimate of drug-likeness (QED) is 0.588. The number of aromatic hydroxyl groups is 1. The van der Waals surface area contributed by atoms with Crippen LogP contribution in [0.25, 0.3) is 0 Å². The number of nitrogens with two attached hydrogens (primary N) is 1. The van der Waals surface area contributed by atoms with Gasteiger partial charge in [0, 0.05) is 12.1 Å². The summed E-state index contributed by atoms with van der Waals surface area (Å²) in [7, 11) is 0. The second kappa shape index (κ2) is 4.75. The summed E-state index contributed by atoms with van der Waals surface area (Å²) in [5.74, 6) is 0.00199. The Labute approximate surface area is 87.7 Å². The molecular formula is C10H14N2O3. The number of nitro benzene ring substituents is 1. The second-order valence-corrected chi connectivity index (χ2v) is 3.40. The molecule has 1 aromatic carbocycles. The normalized spacial score (nSPS) is 12.4. The van der Waals surface area contributed by atoms with Crippen molar-refractivity contribution in [1.82, 2.24) is 0 Å². The number of phenolic OH excluding ortho intramolecular Hbond substituents is 1. The van der Waals surface area contributed by atoms with Crippen molar-refractivity contribution in [2.45, 2.75) is 25.8 Å². The van der Waals surface area contributed by atoms with Crippen LogP contribution in [-0.4, -0.2) is 10.0 Å². The van der Waals surface area contributed by atoms with Gasteiger partial charge in [-0.3, -0.25) is 10.1 Å². The van der Waals surface area contributed by atoms with Gasteiger partial charge in [-0.25, -0.2) is 0 Å². The van der Waals surface area contributed by atoms with Crippen molar-refractivity contribution in [3.05, 3.63) is 33.9 Å². The molecule has 0 spiro atoms. The van der Waals surface area contributed by atoms with Crippen LogP contribution in [0.1, 0.15) is 31.4 Å². The maximum absolute atomic E-state index is 10.7. The third kappa shape index (κ3) is 2.66. The van der Waals surface area contributed by atoms with E-state index in [4.69, 9.17) is 5.73 Å². The number of hydrogen-bond acceptors (Lipinski definition) is 4. The van der Waals surface area contributed by atoms with E-state index in [0.717, 1.165) is 6.42 Å². The molecule has 0 heterocycles. The molecule has 82 valence electrons. The number of nitrogens with zero attached hydrogens (tertiary/aromatic N) is 1. The van der Waals surface area contributed by atoms with Gasteiger partial charge >= 0.3 is 0 Å². The zero-order chi connectivity index (χ0) is 11.4. The van der Waals surface area contributed by atoms with E-state index >= 15 is 0 Å². The Morgan fingerprint density at radius 3 is 2.80 bits per heavy atom. The van der Waals surface area contributed by atoms with Crippen molar-refractivity contribution in [2.75, 3.05) is 0 Å². The van der Waals surface area contributed by atoms with E-state index in [1.54, 1.807) is 0 Å². The van der Waals surface area contributed by atoms with Crippen LogP contribution in [-0.2, 0) is 0 Å². The Hall–Kier alpha value is -1.62. The summed E-state index contributed by atoms with van der Waals surface area (Å²) in [4.78, 5) is 10.2. The molecule has 0 radical (unpaired) electrons. The van der Waals surface area contributed by atoms with E-state index in [0.29, 0.717) is 12.0 Å². The lowest BCUT2D eigenvalue weighted by atomic mass is 10.0. The van der Waals surface area contributed by atoms with Gasteiger partial charge in [0.15, 0.2) is 0 Å². The molecule has 1 atom stereocenters. The van der Waals surface area contributed by atoms with Crippen LogP contribution in [0.4, 0.5) is 5.69 Å². The molecule has 1 aromatic rings. The molecule has 0 fully saturated rings. The summed E-state index contributed by atoms with van der Waals surface area (Å²) in [6, 6.07) is 3.53. The minimum absolute atomic E-state index is 0.00199. The molecule has 0 aromatic heterocycles. The maximum atomic E-state index is 10.7. The molecule has 0 saturated heterocycles. The first-order chi connectivity index (χ1) is 7.06. The molecule has 15 heavy (non-hydrogen) atoms. The fourth-order valence-corrected chi connectivity index (χ4v) is 1.47. The molecular weight excluding hydrogens is 196 g/mol. The largest absolute Gasteiger partial charge is 0.508 e. The summed E-state index contributed by atoms with van der Waals surface area (Å²) < 4.78 is 0. The van der Waals surface area contributed by atoms with Gasteiger partial charge in [0.05, 0.1) is 10.5 Å². The predicted octanol–water partition coefficient (Wildman–Crippen LogP) is 2.10. The monoisotopic (exact) mass is 210 g/mol. The van der Waals surface area contributed by atoms with Gasteiger partial charge in [-0.2, -0.15) is 0 Å². The van der Waals surface area contributed by atoms with E-state index in [1.165, 1.54) is 18.2 Å². The van der Waals surface area contributed by atoms with E-state index in [9.17, 15) is 15.2 Å². The minimum Gasteiger partial charge on any atom is -0.508 e. The lowest BCUT2D eigenvalue weighted by Crippen LogP contribution is -2.11. The minimum atomic E-state index is -0.482. The topological polar surface area (TPSA) is 89.4 Å². The lowest BCUT2D eigenvalue weighted by molar-refractivity contribution is -0.385. The molecule has 5 nitrogen and oxygen atoms in total. The van der Waals surface area contributed by atoms with E-state index in [2.05, 4.69) is 0 Å². The molecule has 0 aliphatic carbocycles. The number of rotatable bonds is 4. The van der Waals surface area contributed by atoms with E-state index in [1.807, 2.05) is 6.92 Å². The van der Waals surface area contributed by atoms with Crippen LogP contribution in [0.15, 0.2) is 18.2 Å². The second-order valence-electron chi connectivity index (χ2n) is 3.40. The van der Waals surface area contributed by atoms with Crippen molar-refractivity contribution in [3.63, 3.8) is 0 Å². The van der Waals surface area contributed by atoms with Gasteiger partial charge < -0.3 is 10.8 Å². The van der Waals surface area contributed by atoms with Gasteiger partial charge in [0.1, 0.15) is 5.75 Å². The molecule has 0 unspecified atom stereocenters. The van der Waals surface area contributed by atoms with Crippen LogP contribution in [0, 0.1) is 10.1 Å². The Bertz CT molecular complexity index is 366. The first-order valence-corrected chi connectivity index (χ1v) is 4.79. The Morgan fingerprint density at radius 1 is 1.60 bits per heavy atom. The van der Waals surface area contributed by atoms with Crippen molar-refractivity contribution in [1.29, 1.82) is 0 Å². The highest BCUT2D eigenvalue weighted by molar-refractivity contribution is 5.46. The van der Waals surface area contributed by atoms with Gasteiger partial charge in [0.2, 0.25) is 0 Å². The molecule has 3 N–H and O–H groups in total. The fourth-order valence-electron chi connectivity index (χ4n) is 1.47. The first kappa shape index (κ1) is 11.5. The molecule has 0 aliphatic rings. The van der Waals surface area contributed by atoms with Crippen LogP contribution < -0.4 is 5.73 Å². The summed E-state index contributed by atoms with van der Waals surface area (Å²) in [5.41, 5.74) is 6.15. The van der Waals surface area contributed by atoms with Crippen molar-refractivity contribution in [3.8, 4) is 5.75 Å². The highest BCUT2D eigenvalue weighted by Gasteiger charge is 2.19. The van der Waals surface area contributed by atoms with E-state index in [-0.39, 0.29) is 11.4 Å². The zero-order valence-corrected chi connectivity index (χ0v) is 8.51. The van der Waals surface area contributed by atoms with Gasteiger partial charge in [0.25, 0.3) is 5.69 Å². The van der Waals surface area contributed by atoms with Gasteiger partial charge in [-0.15, -0.1) is 0 Å². The summed E-state index contributed by atoms with van der Waals surface area (Å²) in [6.07, 6.45) is 1.50. The fraction of sp³-hybridized carbons (Fsp3) is 0.400. The first-order valence-electron chi connectivity index (χ1n) is 4.79. The van der Waals surface area contributed by atoms with E-state index < -0.39 is 11.0 Å². The van der Waals surface area contributed by atoms with Gasteiger partial charge in [-0.1, -0.05) is 13.3 Å². The average Bonchev–Trinajstić information content (AvgIpc) is 2.17. The standard InChI is InChI=1S/C10H14N2O3/c1-2-3-9(11)8-6-7(13)4-5-10(8)12(14)15/h4-6,9,13H,2-3,11H2,1H3/t9-/m0/s1. The highest BCUT2D eigenvalue weighted by atomic mass is 16.6. The average molecular weight is 210 g/mol. The number of benzene rings is 1. The molecule has 5 heteroatoms. The summed E-state index contributed by atoms with van der Waals surface area (Å²) in [5, 5.41) is 20.0. The predicted molar refractivity (Wildman–Crippen MR) is 56.6 cm³/mol. The van der Waals surface area contributed by atoms with Crippen LogP contribution in [0.3, 0.4) is 0 Å². The lowest BCUT2D eigenvalue weighted by Gasteiger charge is -2.11. The van der Waals surface area contributed by atoms with Crippen LogP contribution >= 0.6 is 0 Å². The Balaban J connectivity index is 3.12. The third-order valence-corrected chi connectivity index (χ3v) is 2.21. The van der Waals surface area contributed by atoms with Crippen molar-refractivity contribution < 1.29 is 10.0 Å². The van der Waals surface area contributed by atoms with Crippen molar-refractivity contribution >= 4 is 5.69 Å². The molecule has 0 bridgehead atoms. The zero-order valence-electron chi connectivity index (χ0n) is 8.51. The number of nitro groups is 1. The summed E-state index contributed by atoms with van der Waals surface area (Å²) in [6.45, 7) is 1.95. The maximum Gasteiger partial charge on any atom is 0.274 e. The number of hydrogen-bond donors (Lipinski definition) is 2. The SMILES string of the molecule is CCC[C@H](N)c1cc(O)ccc1[N+](=O)[O-]. The number of phenols is 1. The molecule has 0 saturated carbocycles. The molecule has 0 amide bonds. The van der Waals surface area contributed by atoms with Crippen LogP contribution in [0.5, 0.6) is 5.75 Å². The third-order valence-electron chi connectivity index (χ3n) is 2.21. The molecule has 1 rings (SSSR count). The Morgan fingerprint density at radius 2 is 2.27 bits per heavy atom.